The Balaban J connectivity index is 2.37. The van der Waals surface area contributed by atoms with Crippen LogP contribution in [-0.4, -0.2) is 39.9 Å². The number of carbonyl (C=O) groups is 1. The van der Waals surface area contributed by atoms with Crippen LogP contribution in [0.5, 0.6) is 0 Å². The Hall–Kier alpha value is -1.98. The molecule has 0 spiro atoms. The highest BCUT2D eigenvalue weighted by molar-refractivity contribution is 6.06. The monoisotopic (exact) mass is 260 g/mol. The lowest BCUT2D eigenvalue weighted by Gasteiger charge is -2.26. The van der Waals surface area contributed by atoms with Gasteiger partial charge in [-0.2, -0.15) is 0 Å². The SMILES string of the molecule is CC(CO)(CO)NC(=O)c1cncc2ccccc12. The van der Waals surface area contributed by atoms with Crippen LogP contribution < -0.4 is 5.32 Å². The number of hydrogen-bond acceptors (Lipinski definition) is 4. The molecule has 5 heteroatoms. The molecule has 100 valence electrons. The molecule has 0 unspecified atom stereocenters. The fourth-order valence-corrected chi connectivity index (χ4v) is 1.77. The fourth-order valence-electron chi connectivity index (χ4n) is 1.77. The largest absolute Gasteiger partial charge is 0.394 e. The average molecular weight is 260 g/mol. The Morgan fingerprint density at radius 1 is 1.26 bits per heavy atom. The number of carbonyl (C=O) groups excluding carboxylic acids is 1. The second-order valence-electron chi connectivity index (χ2n) is 4.74. The number of aromatic nitrogens is 1. The normalized spacial score (nSPS) is 11.5. The molecule has 1 aromatic carbocycles. The number of pyridine rings is 1. The van der Waals surface area contributed by atoms with Crippen LogP contribution in [0.4, 0.5) is 0 Å². The summed E-state index contributed by atoms with van der Waals surface area (Å²) in [6, 6.07) is 7.42. The van der Waals surface area contributed by atoms with E-state index in [2.05, 4.69) is 10.3 Å². The summed E-state index contributed by atoms with van der Waals surface area (Å²) in [6.07, 6.45) is 3.16. The summed E-state index contributed by atoms with van der Waals surface area (Å²) in [5.74, 6) is -0.366. The van der Waals surface area contributed by atoms with Crippen LogP contribution in [0.25, 0.3) is 10.8 Å². The van der Waals surface area contributed by atoms with Crippen molar-refractivity contribution in [2.75, 3.05) is 13.2 Å². The van der Waals surface area contributed by atoms with Gasteiger partial charge in [-0.25, -0.2) is 0 Å². The van der Waals surface area contributed by atoms with Crippen molar-refractivity contribution in [2.24, 2.45) is 0 Å². The van der Waals surface area contributed by atoms with Crippen LogP contribution in [-0.2, 0) is 0 Å². The highest BCUT2D eigenvalue weighted by Crippen LogP contribution is 2.17. The summed E-state index contributed by atoms with van der Waals surface area (Å²) in [5.41, 5.74) is -0.625. The van der Waals surface area contributed by atoms with Gasteiger partial charge in [0.05, 0.1) is 24.3 Å². The summed E-state index contributed by atoms with van der Waals surface area (Å²) in [7, 11) is 0. The van der Waals surface area contributed by atoms with Gasteiger partial charge in [-0.15, -0.1) is 0 Å². The molecule has 1 aromatic heterocycles. The van der Waals surface area contributed by atoms with E-state index in [4.69, 9.17) is 0 Å². The zero-order chi connectivity index (χ0) is 13.9. The van der Waals surface area contributed by atoms with E-state index in [9.17, 15) is 15.0 Å². The molecule has 0 aliphatic rings. The number of nitrogens with one attached hydrogen (secondary N) is 1. The summed E-state index contributed by atoms with van der Waals surface area (Å²) < 4.78 is 0. The number of amides is 1. The first kappa shape index (κ1) is 13.5. The third-order valence-electron chi connectivity index (χ3n) is 3.03. The molecule has 3 N–H and O–H groups in total. The van der Waals surface area contributed by atoms with Gasteiger partial charge in [0, 0.05) is 17.8 Å². The number of hydrogen-bond donors (Lipinski definition) is 3. The molecule has 0 radical (unpaired) electrons. The first-order valence-electron chi connectivity index (χ1n) is 5.96. The summed E-state index contributed by atoms with van der Waals surface area (Å²) in [5, 5.41) is 22.7. The molecule has 0 bridgehead atoms. The van der Waals surface area contributed by atoms with Gasteiger partial charge in [-0.05, 0) is 12.3 Å². The molecular weight excluding hydrogens is 244 g/mol. The van der Waals surface area contributed by atoms with Gasteiger partial charge in [0.2, 0.25) is 0 Å². The molecule has 5 nitrogen and oxygen atoms in total. The number of fused-ring (bicyclic) bond motifs is 1. The predicted molar refractivity (Wildman–Crippen MR) is 71.8 cm³/mol. The molecule has 19 heavy (non-hydrogen) atoms. The van der Waals surface area contributed by atoms with E-state index in [0.29, 0.717) is 5.56 Å². The second-order valence-corrected chi connectivity index (χ2v) is 4.74. The van der Waals surface area contributed by atoms with Crippen molar-refractivity contribution in [1.82, 2.24) is 10.3 Å². The lowest BCUT2D eigenvalue weighted by atomic mass is 10.0. The molecule has 0 saturated carbocycles. The smallest absolute Gasteiger partial charge is 0.254 e. The Morgan fingerprint density at radius 3 is 2.63 bits per heavy atom. The maximum Gasteiger partial charge on any atom is 0.254 e. The minimum Gasteiger partial charge on any atom is -0.394 e. The van der Waals surface area contributed by atoms with E-state index < -0.39 is 5.54 Å². The van der Waals surface area contributed by atoms with Crippen LogP contribution in [0.15, 0.2) is 36.7 Å². The number of aliphatic hydroxyl groups excluding tert-OH is 2. The number of rotatable bonds is 4. The van der Waals surface area contributed by atoms with E-state index in [1.165, 1.54) is 6.20 Å². The van der Waals surface area contributed by atoms with Gasteiger partial charge < -0.3 is 15.5 Å². The highest BCUT2D eigenvalue weighted by atomic mass is 16.3. The Morgan fingerprint density at radius 2 is 1.95 bits per heavy atom. The van der Waals surface area contributed by atoms with E-state index in [-0.39, 0.29) is 19.1 Å². The topological polar surface area (TPSA) is 82.5 Å². The lowest BCUT2D eigenvalue weighted by Crippen LogP contribution is -2.51. The molecule has 0 aliphatic heterocycles. The standard InChI is InChI=1S/C14H16N2O3/c1-14(8-17,9-18)16-13(19)12-7-15-6-10-4-2-3-5-11(10)12/h2-7,17-18H,8-9H2,1H3,(H,16,19). The maximum absolute atomic E-state index is 12.2. The quantitative estimate of drug-likeness (QED) is 0.756. The molecule has 2 rings (SSSR count). The molecule has 1 amide bonds. The van der Waals surface area contributed by atoms with Crippen LogP contribution in [0.3, 0.4) is 0 Å². The first-order valence-corrected chi connectivity index (χ1v) is 5.96. The Kier molecular flexibility index (Phi) is 3.78. The predicted octanol–water partition coefficient (Wildman–Crippen LogP) is 0.708. The zero-order valence-electron chi connectivity index (χ0n) is 10.6. The Labute approximate surface area is 110 Å². The number of benzene rings is 1. The van der Waals surface area contributed by atoms with E-state index in [0.717, 1.165) is 10.8 Å². The van der Waals surface area contributed by atoms with E-state index in [1.54, 1.807) is 13.1 Å². The number of aliphatic hydroxyl groups is 2. The molecule has 0 fully saturated rings. The summed E-state index contributed by atoms with van der Waals surface area (Å²) >= 11 is 0. The summed E-state index contributed by atoms with van der Waals surface area (Å²) in [4.78, 5) is 16.2. The Bertz CT molecular complexity index is 589. The minimum absolute atomic E-state index is 0.340. The third kappa shape index (κ3) is 2.72. The summed E-state index contributed by atoms with van der Waals surface area (Å²) in [6.45, 7) is 0.893. The molecule has 0 aliphatic carbocycles. The van der Waals surface area contributed by atoms with Crippen LogP contribution >= 0.6 is 0 Å². The van der Waals surface area contributed by atoms with Crippen molar-refractivity contribution >= 4 is 16.7 Å². The van der Waals surface area contributed by atoms with Crippen molar-refractivity contribution in [3.63, 3.8) is 0 Å². The fraction of sp³-hybridized carbons (Fsp3) is 0.286. The van der Waals surface area contributed by atoms with E-state index in [1.807, 2.05) is 24.3 Å². The van der Waals surface area contributed by atoms with Crippen LogP contribution in [0, 0.1) is 0 Å². The van der Waals surface area contributed by atoms with Crippen molar-refractivity contribution in [3.8, 4) is 0 Å². The first-order chi connectivity index (χ1) is 9.09. The van der Waals surface area contributed by atoms with Crippen molar-refractivity contribution < 1.29 is 15.0 Å². The molecule has 1 heterocycles. The van der Waals surface area contributed by atoms with Crippen LogP contribution in [0.2, 0.25) is 0 Å². The van der Waals surface area contributed by atoms with E-state index >= 15 is 0 Å². The highest BCUT2D eigenvalue weighted by Gasteiger charge is 2.25. The number of nitrogens with zero attached hydrogens (tertiary/aromatic N) is 1. The van der Waals surface area contributed by atoms with Crippen molar-refractivity contribution in [1.29, 1.82) is 0 Å². The van der Waals surface area contributed by atoms with Crippen LogP contribution in [0.1, 0.15) is 17.3 Å². The van der Waals surface area contributed by atoms with Gasteiger partial charge in [0.25, 0.3) is 5.91 Å². The van der Waals surface area contributed by atoms with Gasteiger partial charge in [-0.1, -0.05) is 24.3 Å². The van der Waals surface area contributed by atoms with Gasteiger partial charge >= 0.3 is 0 Å². The maximum atomic E-state index is 12.2. The van der Waals surface area contributed by atoms with Gasteiger partial charge in [0.1, 0.15) is 0 Å². The molecular formula is C14H16N2O3. The van der Waals surface area contributed by atoms with Crippen molar-refractivity contribution in [2.45, 2.75) is 12.5 Å². The average Bonchev–Trinajstić information content (AvgIpc) is 2.46. The van der Waals surface area contributed by atoms with Gasteiger partial charge in [0.15, 0.2) is 0 Å². The molecule has 2 aromatic rings. The van der Waals surface area contributed by atoms with Gasteiger partial charge in [-0.3, -0.25) is 9.78 Å². The second kappa shape index (κ2) is 5.34. The minimum atomic E-state index is -1.05. The molecule has 0 saturated heterocycles. The molecule has 0 atom stereocenters. The van der Waals surface area contributed by atoms with Crippen molar-refractivity contribution in [3.05, 3.63) is 42.2 Å². The third-order valence-corrected chi connectivity index (χ3v) is 3.03. The zero-order valence-corrected chi connectivity index (χ0v) is 10.6. The lowest BCUT2D eigenvalue weighted by molar-refractivity contribution is 0.0725.